The second-order valence-corrected chi connectivity index (χ2v) is 6.01. The molecule has 4 rings (SSSR count). The van der Waals surface area contributed by atoms with Gasteiger partial charge in [0.25, 0.3) is 0 Å². The Bertz CT molecular complexity index is 908. The number of benzene rings is 2. The lowest BCUT2D eigenvalue weighted by molar-refractivity contribution is 0.0699. The first-order chi connectivity index (χ1) is 11.6. The van der Waals surface area contributed by atoms with E-state index in [4.69, 9.17) is 4.74 Å². The van der Waals surface area contributed by atoms with Crippen LogP contribution in [0.4, 0.5) is 4.39 Å². The van der Waals surface area contributed by atoms with Crippen LogP contribution in [0.25, 0.3) is 22.0 Å². The average Bonchev–Trinajstić information content (AvgIpc) is 3.23. The number of aromatic nitrogens is 1. The van der Waals surface area contributed by atoms with E-state index in [1.54, 1.807) is 6.07 Å². The first-order valence-corrected chi connectivity index (χ1v) is 7.89. The Kier molecular flexibility index (Phi) is 3.58. The number of halogens is 1. The molecule has 2 N–H and O–H groups in total. The molecule has 0 unspecified atom stereocenters. The van der Waals surface area contributed by atoms with Crippen LogP contribution in [0, 0.1) is 5.82 Å². The first-order valence-electron chi connectivity index (χ1n) is 7.89. The quantitative estimate of drug-likeness (QED) is 0.744. The minimum absolute atomic E-state index is 0.120. The number of rotatable bonds is 3. The van der Waals surface area contributed by atoms with Crippen molar-refractivity contribution in [1.29, 1.82) is 0 Å². The van der Waals surface area contributed by atoms with Gasteiger partial charge in [-0.25, -0.2) is 9.18 Å². The minimum Gasteiger partial charge on any atom is -0.478 e. The maximum absolute atomic E-state index is 14.4. The van der Waals surface area contributed by atoms with E-state index in [2.05, 4.69) is 4.98 Å². The summed E-state index contributed by atoms with van der Waals surface area (Å²) in [6, 6.07) is 10.5. The summed E-state index contributed by atoms with van der Waals surface area (Å²) in [6.07, 6.45) is 3.57. The fourth-order valence-electron chi connectivity index (χ4n) is 3.26. The van der Waals surface area contributed by atoms with E-state index in [1.807, 2.05) is 24.3 Å². The van der Waals surface area contributed by atoms with Gasteiger partial charge in [0.15, 0.2) is 0 Å². The molecule has 1 saturated heterocycles. The molecule has 0 amide bonds. The lowest BCUT2D eigenvalue weighted by Crippen LogP contribution is -1.96. The van der Waals surface area contributed by atoms with Crippen molar-refractivity contribution < 1.29 is 19.0 Å². The highest BCUT2D eigenvalue weighted by atomic mass is 19.1. The number of H-pyrrole nitrogens is 1. The van der Waals surface area contributed by atoms with Crippen LogP contribution in [0.3, 0.4) is 0 Å². The number of aromatic carboxylic acids is 1. The minimum atomic E-state index is -1.03. The number of hydrogen-bond acceptors (Lipinski definition) is 2. The highest BCUT2D eigenvalue weighted by molar-refractivity contribution is 6.04. The van der Waals surface area contributed by atoms with E-state index in [9.17, 15) is 14.3 Å². The number of nitrogens with one attached hydrogen (secondary N) is 1. The monoisotopic (exact) mass is 325 g/mol. The zero-order valence-corrected chi connectivity index (χ0v) is 12.9. The van der Waals surface area contributed by atoms with E-state index in [-0.39, 0.29) is 17.5 Å². The van der Waals surface area contributed by atoms with Gasteiger partial charge in [0.1, 0.15) is 5.82 Å². The van der Waals surface area contributed by atoms with Crippen molar-refractivity contribution in [3.63, 3.8) is 0 Å². The number of carboxylic acids is 1. The summed E-state index contributed by atoms with van der Waals surface area (Å²) in [6.45, 7) is 0.781. The Morgan fingerprint density at radius 2 is 2.04 bits per heavy atom. The summed E-state index contributed by atoms with van der Waals surface area (Å²) in [5.41, 5.74) is 2.81. The van der Waals surface area contributed by atoms with E-state index < -0.39 is 5.97 Å². The highest BCUT2D eigenvalue weighted by Crippen LogP contribution is 2.32. The second kappa shape index (κ2) is 5.76. The Hall–Kier alpha value is -2.66. The number of ether oxygens (including phenoxy) is 1. The molecule has 0 spiro atoms. The Balaban J connectivity index is 1.76. The van der Waals surface area contributed by atoms with Gasteiger partial charge in [-0.1, -0.05) is 24.3 Å². The van der Waals surface area contributed by atoms with Crippen molar-refractivity contribution in [2.75, 3.05) is 6.61 Å². The predicted octanol–water partition coefficient (Wildman–Crippen LogP) is 4.52. The highest BCUT2D eigenvalue weighted by Gasteiger charge is 2.18. The number of carbonyl (C=O) groups is 1. The summed E-state index contributed by atoms with van der Waals surface area (Å²) in [5.74, 6) is -1.42. The smallest absolute Gasteiger partial charge is 0.337 e. The molecule has 2 heterocycles. The third-order valence-corrected chi connectivity index (χ3v) is 4.52. The first kappa shape index (κ1) is 14.9. The van der Waals surface area contributed by atoms with Gasteiger partial charge in [0.05, 0.1) is 11.7 Å². The molecule has 1 aliphatic heterocycles. The molecule has 3 aromatic rings. The fraction of sp³-hybridized carbons (Fsp3) is 0.211. The Morgan fingerprint density at radius 1 is 1.25 bits per heavy atom. The number of carboxylic acid groups (broad SMARTS) is 1. The fourth-order valence-corrected chi connectivity index (χ4v) is 3.26. The number of fused-ring (bicyclic) bond motifs is 1. The second-order valence-electron chi connectivity index (χ2n) is 6.01. The summed E-state index contributed by atoms with van der Waals surface area (Å²) in [4.78, 5) is 14.1. The Labute approximate surface area is 137 Å². The summed E-state index contributed by atoms with van der Waals surface area (Å²) in [5, 5.41) is 9.73. The van der Waals surface area contributed by atoms with Gasteiger partial charge in [-0.3, -0.25) is 0 Å². The molecule has 0 saturated carbocycles. The van der Waals surface area contributed by atoms with Crippen molar-refractivity contribution >= 4 is 16.9 Å². The zero-order valence-electron chi connectivity index (χ0n) is 12.9. The van der Waals surface area contributed by atoms with E-state index >= 15 is 0 Å². The van der Waals surface area contributed by atoms with Gasteiger partial charge in [-0.05, 0) is 36.1 Å². The Morgan fingerprint density at radius 3 is 2.71 bits per heavy atom. The van der Waals surface area contributed by atoms with Gasteiger partial charge < -0.3 is 14.8 Å². The molecular weight excluding hydrogens is 309 g/mol. The molecular formula is C19H16FNO3. The molecule has 122 valence electrons. The van der Waals surface area contributed by atoms with Crippen LogP contribution in [0.15, 0.2) is 42.6 Å². The molecule has 1 fully saturated rings. The molecule has 1 aromatic heterocycles. The van der Waals surface area contributed by atoms with Crippen molar-refractivity contribution in [3.05, 3.63) is 59.5 Å². The SMILES string of the molecule is O=C(O)c1c[nH]c2cc(F)c(-c3ccc([C@H]4CCCO4)cc3)cc12. The lowest BCUT2D eigenvalue weighted by atomic mass is 9.99. The molecule has 2 aromatic carbocycles. The lowest BCUT2D eigenvalue weighted by Gasteiger charge is -2.11. The molecule has 1 atom stereocenters. The number of hydrogen-bond donors (Lipinski definition) is 2. The zero-order chi connectivity index (χ0) is 16.7. The van der Waals surface area contributed by atoms with Crippen LogP contribution < -0.4 is 0 Å². The van der Waals surface area contributed by atoms with Crippen molar-refractivity contribution in [2.24, 2.45) is 0 Å². The third-order valence-electron chi connectivity index (χ3n) is 4.52. The van der Waals surface area contributed by atoms with Crippen molar-refractivity contribution in [2.45, 2.75) is 18.9 Å². The normalized spacial score (nSPS) is 17.5. The molecule has 4 nitrogen and oxygen atoms in total. The van der Waals surface area contributed by atoms with Crippen LogP contribution in [0.5, 0.6) is 0 Å². The topological polar surface area (TPSA) is 62.3 Å². The van der Waals surface area contributed by atoms with E-state index in [0.29, 0.717) is 22.0 Å². The van der Waals surface area contributed by atoms with E-state index in [1.165, 1.54) is 12.3 Å². The molecule has 0 aliphatic carbocycles. The van der Waals surface area contributed by atoms with Gasteiger partial charge in [-0.2, -0.15) is 0 Å². The van der Waals surface area contributed by atoms with Gasteiger partial charge in [-0.15, -0.1) is 0 Å². The van der Waals surface area contributed by atoms with Crippen LogP contribution in [-0.4, -0.2) is 22.7 Å². The van der Waals surface area contributed by atoms with Crippen LogP contribution >= 0.6 is 0 Å². The summed E-state index contributed by atoms with van der Waals surface area (Å²) >= 11 is 0. The molecule has 0 radical (unpaired) electrons. The number of aromatic amines is 1. The van der Waals surface area contributed by atoms with Gasteiger partial charge in [0, 0.05) is 29.3 Å². The third kappa shape index (κ3) is 2.47. The summed E-state index contributed by atoms with van der Waals surface area (Å²) in [7, 11) is 0. The van der Waals surface area contributed by atoms with Gasteiger partial charge in [0.2, 0.25) is 0 Å². The maximum atomic E-state index is 14.4. The van der Waals surface area contributed by atoms with Crippen molar-refractivity contribution in [1.82, 2.24) is 4.98 Å². The predicted molar refractivity (Wildman–Crippen MR) is 88.6 cm³/mol. The van der Waals surface area contributed by atoms with Crippen LogP contribution in [0.1, 0.15) is 34.9 Å². The molecule has 1 aliphatic rings. The largest absolute Gasteiger partial charge is 0.478 e. The van der Waals surface area contributed by atoms with Crippen molar-refractivity contribution in [3.8, 4) is 11.1 Å². The van der Waals surface area contributed by atoms with Crippen LogP contribution in [0.2, 0.25) is 0 Å². The summed E-state index contributed by atoms with van der Waals surface area (Å²) < 4.78 is 20.1. The van der Waals surface area contributed by atoms with Gasteiger partial charge >= 0.3 is 5.97 Å². The maximum Gasteiger partial charge on any atom is 0.337 e. The standard InChI is InChI=1S/C19H16FNO3/c20-16-9-17-14(15(10-21-17)19(22)23)8-13(16)11-3-5-12(6-4-11)18-2-1-7-24-18/h3-6,8-10,18,21H,1-2,7H2,(H,22,23)/t18-/m1/s1. The molecule has 24 heavy (non-hydrogen) atoms. The molecule has 5 heteroatoms. The van der Waals surface area contributed by atoms with E-state index in [0.717, 1.165) is 25.0 Å². The van der Waals surface area contributed by atoms with Crippen LogP contribution in [-0.2, 0) is 4.74 Å². The molecule has 0 bridgehead atoms. The average molecular weight is 325 g/mol.